The third kappa shape index (κ3) is 7.27. The first-order valence-electron chi connectivity index (χ1n) is 12.1. The summed E-state index contributed by atoms with van der Waals surface area (Å²) in [4.78, 5) is 0. The summed E-state index contributed by atoms with van der Waals surface area (Å²) in [5.41, 5.74) is 2.66. The molecule has 0 heterocycles. The Labute approximate surface area is 251 Å². The van der Waals surface area contributed by atoms with Gasteiger partial charge in [0, 0.05) is 0 Å². The SMILES string of the molecule is Cl.Cl.[Zr+2]=[C](c1ccccc1)c1ccccc1.c1ccc2[cH-]ccc2c1.c1ccc2c(c1)[cH-]c1ccccc12. The second-order valence-corrected chi connectivity index (χ2v) is 9.81. The van der Waals surface area contributed by atoms with E-state index < -0.39 is 0 Å². The molecule has 3 heteroatoms. The van der Waals surface area contributed by atoms with Gasteiger partial charge in [0.2, 0.25) is 0 Å². The van der Waals surface area contributed by atoms with Crippen LogP contribution >= 0.6 is 24.8 Å². The quantitative estimate of drug-likeness (QED) is 0.171. The molecule has 7 aromatic rings. The summed E-state index contributed by atoms with van der Waals surface area (Å²) in [5.74, 6) is 0. The fourth-order valence-electron chi connectivity index (χ4n) is 4.35. The van der Waals surface area contributed by atoms with Gasteiger partial charge in [0.15, 0.2) is 0 Å². The number of halogens is 2. The molecule has 186 valence electrons. The molecule has 0 aliphatic carbocycles. The van der Waals surface area contributed by atoms with E-state index in [0.717, 1.165) is 0 Å². The molecule has 0 nitrogen and oxygen atoms in total. The van der Waals surface area contributed by atoms with Gasteiger partial charge in [0.05, 0.1) is 0 Å². The molecule has 7 aromatic carbocycles. The molecule has 0 saturated heterocycles. The molecule has 0 aliphatic heterocycles. The number of fused-ring (bicyclic) bond motifs is 4. The van der Waals surface area contributed by atoms with Crippen LogP contribution in [0.5, 0.6) is 0 Å². The number of hydrogen-bond acceptors (Lipinski definition) is 0. The van der Waals surface area contributed by atoms with Gasteiger partial charge in [-0.05, 0) is 0 Å². The van der Waals surface area contributed by atoms with Crippen LogP contribution in [0.1, 0.15) is 11.1 Å². The van der Waals surface area contributed by atoms with Crippen molar-refractivity contribution in [1.29, 1.82) is 0 Å². The molecule has 7 rings (SSSR count). The van der Waals surface area contributed by atoms with Gasteiger partial charge in [-0.25, -0.2) is 0 Å². The fraction of sp³-hybridized carbons (Fsp3) is 0. The summed E-state index contributed by atoms with van der Waals surface area (Å²) in [6.07, 6.45) is 0. The summed E-state index contributed by atoms with van der Waals surface area (Å²) in [6, 6.07) is 55.0. The molecule has 0 saturated carbocycles. The van der Waals surface area contributed by atoms with E-state index in [9.17, 15) is 0 Å². The molecule has 0 amide bonds. The fourth-order valence-corrected chi connectivity index (χ4v) is 5.17. The summed E-state index contributed by atoms with van der Waals surface area (Å²) < 4.78 is 1.42. The van der Waals surface area contributed by atoms with Crippen molar-refractivity contribution in [2.45, 2.75) is 0 Å². The van der Waals surface area contributed by atoms with E-state index in [1.54, 1.807) is 0 Å². The minimum atomic E-state index is 0. The smallest absolute Gasteiger partial charge is 0.0771 e. The number of hydrogen-bond donors (Lipinski definition) is 0. The zero-order valence-corrected chi connectivity index (χ0v) is 24.9. The van der Waals surface area contributed by atoms with Gasteiger partial charge >= 0.3 is 99.2 Å². The Hall–Kier alpha value is -3.09. The van der Waals surface area contributed by atoms with E-state index in [4.69, 9.17) is 0 Å². The summed E-state index contributed by atoms with van der Waals surface area (Å²) >= 11 is 1.46. The minimum Gasteiger partial charge on any atom is -0.168 e. The van der Waals surface area contributed by atoms with Crippen molar-refractivity contribution in [3.05, 3.63) is 169 Å². The Balaban J connectivity index is 0.000000157. The van der Waals surface area contributed by atoms with Crippen molar-refractivity contribution in [2.75, 3.05) is 0 Å². The first-order chi connectivity index (χ1) is 17.8. The van der Waals surface area contributed by atoms with Crippen LogP contribution in [0.15, 0.2) is 158 Å². The standard InChI is InChI=1S/C13H9.C13H10.C9H7.2ClH.Zr/c1-3-7-12-10(5-1)9-11-6-2-4-8-13(11)12;1-3-7-12(8-4-1)11-13-9-5-2-6-10-13;1-2-5-9-7-3-6-8(9)4-1;;;/h1-9H;1-10H;1-7H;2*1H;/q-1;;-1;;;+2. The minimum absolute atomic E-state index is 0. The molecule has 0 aromatic heterocycles. The largest absolute Gasteiger partial charge is 0.168 e. The maximum Gasteiger partial charge on any atom is -0.0771 e. The molecule has 0 aliphatic rings. The molecule has 0 spiro atoms. The Bertz CT molecular complexity index is 1570. The topological polar surface area (TPSA) is 0 Å². The molecule has 38 heavy (non-hydrogen) atoms. The number of rotatable bonds is 2. The Morgan fingerprint density at radius 1 is 0.447 bits per heavy atom. The molecular weight excluding hydrogens is 583 g/mol. The predicted octanol–water partition coefficient (Wildman–Crippen LogP) is 9.92. The van der Waals surface area contributed by atoms with Crippen LogP contribution in [0, 0.1) is 0 Å². The molecular formula is C35H28Cl2Zr. The second kappa shape index (κ2) is 14.7. The third-order valence-electron chi connectivity index (χ3n) is 6.20. The number of benzene rings is 5. The predicted molar refractivity (Wildman–Crippen MR) is 167 cm³/mol. The van der Waals surface area contributed by atoms with Gasteiger partial charge in [0.25, 0.3) is 0 Å². The van der Waals surface area contributed by atoms with Crippen LogP contribution in [0.2, 0.25) is 0 Å². The average molecular weight is 611 g/mol. The summed E-state index contributed by atoms with van der Waals surface area (Å²) in [5, 5.41) is 8.05. The van der Waals surface area contributed by atoms with Crippen molar-refractivity contribution >= 4 is 60.3 Å². The van der Waals surface area contributed by atoms with Crippen LogP contribution in [-0.4, -0.2) is 3.21 Å². The van der Waals surface area contributed by atoms with E-state index in [1.165, 1.54) is 70.9 Å². The first-order valence-corrected chi connectivity index (χ1v) is 13.4. The average Bonchev–Trinajstić information content (AvgIpc) is 3.59. The molecule has 0 unspecified atom stereocenters. The molecule has 0 bridgehead atoms. The van der Waals surface area contributed by atoms with Crippen LogP contribution in [-0.2, 0) is 24.2 Å². The second-order valence-electron chi connectivity index (χ2n) is 8.58. The Kier molecular flexibility index (Phi) is 11.4. The molecule has 0 radical (unpaired) electrons. The first kappa shape index (κ1) is 29.5. The van der Waals surface area contributed by atoms with Crippen LogP contribution in [0.25, 0.3) is 32.3 Å². The molecule has 0 fully saturated rings. The van der Waals surface area contributed by atoms with Gasteiger partial charge < -0.3 is 0 Å². The van der Waals surface area contributed by atoms with Gasteiger partial charge in [0.1, 0.15) is 0 Å². The van der Waals surface area contributed by atoms with Crippen LogP contribution in [0.3, 0.4) is 0 Å². The maximum atomic E-state index is 2.24. The monoisotopic (exact) mass is 608 g/mol. The molecule has 0 atom stereocenters. The zero-order valence-electron chi connectivity index (χ0n) is 20.8. The van der Waals surface area contributed by atoms with Crippen molar-refractivity contribution in [2.24, 2.45) is 0 Å². The van der Waals surface area contributed by atoms with E-state index in [-0.39, 0.29) is 24.8 Å². The van der Waals surface area contributed by atoms with E-state index in [1.807, 2.05) is 0 Å². The summed E-state index contributed by atoms with van der Waals surface area (Å²) in [7, 11) is 0. The molecule has 0 N–H and O–H groups in total. The van der Waals surface area contributed by atoms with Crippen molar-refractivity contribution in [3.8, 4) is 0 Å². The van der Waals surface area contributed by atoms with E-state index in [0.29, 0.717) is 0 Å². The van der Waals surface area contributed by atoms with Gasteiger partial charge in [-0.1, -0.05) is 42.5 Å². The normalized spacial score (nSPS) is 9.84. The van der Waals surface area contributed by atoms with Crippen LogP contribution < -0.4 is 0 Å². The summed E-state index contributed by atoms with van der Waals surface area (Å²) in [6.45, 7) is 0. The van der Waals surface area contributed by atoms with Crippen molar-refractivity contribution < 1.29 is 24.2 Å². The van der Waals surface area contributed by atoms with Crippen molar-refractivity contribution in [3.63, 3.8) is 0 Å². The Morgan fingerprint density at radius 3 is 1.37 bits per heavy atom. The van der Waals surface area contributed by atoms with Gasteiger partial charge in [-0.15, -0.1) is 94.2 Å². The van der Waals surface area contributed by atoms with Crippen LogP contribution in [0.4, 0.5) is 0 Å². The van der Waals surface area contributed by atoms with E-state index >= 15 is 0 Å². The van der Waals surface area contributed by atoms with E-state index in [2.05, 4.69) is 158 Å². The van der Waals surface area contributed by atoms with Gasteiger partial charge in [-0.2, -0.15) is 17.5 Å². The van der Waals surface area contributed by atoms with Crippen molar-refractivity contribution in [1.82, 2.24) is 0 Å². The third-order valence-corrected chi connectivity index (χ3v) is 7.61. The maximum absolute atomic E-state index is 2.24. The Morgan fingerprint density at radius 2 is 0.868 bits per heavy atom. The zero-order chi connectivity index (χ0) is 24.6. The van der Waals surface area contributed by atoms with Gasteiger partial charge in [-0.3, -0.25) is 0 Å².